The summed E-state index contributed by atoms with van der Waals surface area (Å²) in [6.45, 7) is 0. The molecule has 62 valence electrons. The first kappa shape index (κ1) is 6.91. The SMILES string of the molecule is c1cnc2c(c1)sc1ccnnc12. The van der Waals surface area contributed by atoms with Gasteiger partial charge < -0.3 is 0 Å². The molecule has 0 aliphatic rings. The first-order valence-electron chi connectivity index (χ1n) is 3.90. The Morgan fingerprint density at radius 3 is 2.92 bits per heavy atom. The van der Waals surface area contributed by atoms with Gasteiger partial charge in [0.1, 0.15) is 11.0 Å². The molecule has 0 aromatic carbocycles. The van der Waals surface area contributed by atoms with Crippen LogP contribution >= 0.6 is 11.3 Å². The second-order valence-corrected chi connectivity index (χ2v) is 3.78. The van der Waals surface area contributed by atoms with Crippen LogP contribution in [0.15, 0.2) is 30.6 Å². The van der Waals surface area contributed by atoms with E-state index in [-0.39, 0.29) is 0 Å². The lowest BCUT2D eigenvalue weighted by Crippen LogP contribution is -1.78. The van der Waals surface area contributed by atoms with Crippen molar-refractivity contribution in [1.29, 1.82) is 0 Å². The number of fused-ring (bicyclic) bond motifs is 3. The molecule has 0 saturated heterocycles. The summed E-state index contributed by atoms with van der Waals surface area (Å²) in [5, 5.41) is 7.92. The molecule has 4 heteroatoms. The highest BCUT2D eigenvalue weighted by Gasteiger charge is 2.05. The predicted molar refractivity (Wildman–Crippen MR) is 52.7 cm³/mol. The molecule has 0 N–H and O–H groups in total. The van der Waals surface area contributed by atoms with Crippen LogP contribution in [0.1, 0.15) is 0 Å². The van der Waals surface area contributed by atoms with Crippen molar-refractivity contribution in [2.75, 3.05) is 0 Å². The van der Waals surface area contributed by atoms with Gasteiger partial charge in [-0.05, 0) is 18.2 Å². The van der Waals surface area contributed by atoms with Crippen molar-refractivity contribution in [2.45, 2.75) is 0 Å². The second-order valence-electron chi connectivity index (χ2n) is 2.70. The van der Waals surface area contributed by atoms with E-state index < -0.39 is 0 Å². The number of pyridine rings is 1. The highest BCUT2D eigenvalue weighted by Crippen LogP contribution is 2.29. The summed E-state index contributed by atoms with van der Waals surface area (Å²) >= 11 is 1.70. The van der Waals surface area contributed by atoms with Crippen LogP contribution < -0.4 is 0 Å². The normalized spacial score (nSPS) is 11.1. The number of thiophene rings is 1. The van der Waals surface area contributed by atoms with Gasteiger partial charge in [0.2, 0.25) is 0 Å². The lowest BCUT2D eigenvalue weighted by molar-refractivity contribution is 1.08. The standard InChI is InChI=1S/C9H5N3S/c1-2-6-8(10-4-1)9-7(13-6)3-5-11-12-9/h1-5H. The second kappa shape index (κ2) is 2.47. The number of rotatable bonds is 0. The van der Waals surface area contributed by atoms with Crippen LogP contribution in [0.25, 0.3) is 20.4 Å². The van der Waals surface area contributed by atoms with Crippen molar-refractivity contribution >= 4 is 31.8 Å². The Hall–Kier alpha value is -1.55. The zero-order valence-corrected chi connectivity index (χ0v) is 7.45. The van der Waals surface area contributed by atoms with Crippen LogP contribution in [0.4, 0.5) is 0 Å². The molecule has 0 fully saturated rings. The van der Waals surface area contributed by atoms with Crippen LogP contribution in [0.5, 0.6) is 0 Å². The summed E-state index contributed by atoms with van der Waals surface area (Å²) in [7, 11) is 0. The van der Waals surface area contributed by atoms with Crippen LogP contribution in [-0.4, -0.2) is 15.2 Å². The average Bonchev–Trinajstić information content (AvgIpc) is 2.56. The van der Waals surface area contributed by atoms with Gasteiger partial charge in [-0.2, -0.15) is 5.10 Å². The largest absolute Gasteiger partial charge is 0.253 e. The Morgan fingerprint density at radius 1 is 1.00 bits per heavy atom. The van der Waals surface area contributed by atoms with Gasteiger partial charge in [0.15, 0.2) is 0 Å². The van der Waals surface area contributed by atoms with Crippen LogP contribution in [0, 0.1) is 0 Å². The number of hydrogen-bond donors (Lipinski definition) is 0. The lowest BCUT2D eigenvalue weighted by atomic mass is 10.3. The molecule has 3 heterocycles. The molecule has 3 aromatic rings. The van der Waals surface area contributed by atoms with Crippen LogP contribution in [0.3, 0.4) is 0 Å². The van der Waals surface area contributed by atoms with Crippen molar-refractivity contribution < 1.29 is 0 Å². The predicted octanol–water partition coefficient (Wildman–Crippen LogP) is 2.24. The van der Waals surface area contributed by atoms with Gasteiger partial charge in [0.25, 0.3) is 0 Å². The molecule has 0 saturated carbocycles. The van der Waals surface area contributed by atoms with E-state index in [1.54, 1.807) is 23.7 Å². The van der Waals surface area contributed by atoms with E-state index in [1.165, 1.54) is 0 Å². The summed E-state index contributed by atoms with van der Waals surface area (Å²) < 4.78 is 2.31. The summed E-state index contributed by atoms with van der Waals surface area (Å²) in [5.41, 5.74) is 1.86. The molecule has 3 nitrogen and oxygen atoms in total. The molecule has 0 amide bonds. The van der Waals surface area contributed by atoms with E-state index in [2.05, 4.69) is 21.2 Å². The highest BCUT2D eigenvalue weighted by atomic mass is 32.1. The van der Waals surface area contributed by atoms with Crippen molar-refractivity contribution in [1.82, 2.24) is 15.2 Å². The summed E-state index contributed by atoms with van der Waals surface area (Å²) in [6, 6.07) is 5.95. The van der Waals surface area contributed by atoms with Gasteiger partial charge in [0.05, 0.1) is 15.6 Å². The lowest BCUT2D eigenvalue weighted by Gasteiger charge is -1.85. The first-order chi connectivity index (χ1) is 6.45. The fourth-order valence-electron chi connectivity index (χ4n) is 1.34. The third kappa shape index (κ3) is 0.922. The minimum absolute atomic E-state index is 0.906. The van der Waals surface area contributed by atoms with Gasteiger partial charge in [-0.1, -0.05) is 0 Å². The zero-order chi connectivity index (χ0) is 8.67. The summed E-state index contributed by atoms with van der Waals surface area (Å²) in [6.07, 6.45) is 3.49. The van der Waals surface area contributed by atoms with E-state index in [0.717, 1.165) is 20.4 Å². The topological polar surface area (TPSA) is 38.7 Å². The maximum absolute atomic E-state index is 4.28. The van der Waals surface area contributed by atoms with E-state index >= 15 is 0 Å². The monoisotopic (exact) mass is 187 g/mol. The Balaban J connectivity index is 2.64. The number of hydrogen-bond acceptors (Lipinski definition) is 4. The van der Waals surface area contributed by atoms with Gasteiger partial charge >= 0.3 is 0 Å². The van der Waals surface area contributed by atoms with E-state index in [0.29, 0.717) is 0 Å². The molecule has 0 aliphatic carbocycles. The molecule has 0 unspecified atom stereocenters. The molecule has 3 aromatic heterocycles. The third-order valence-electron chi connectivity index (χ3n) is 1.90. The highest BCUT2D eigenvalue weighted by molar-refractivity contribution is 7.25. The molecular formula is C9H5N3S. The third-order valence-corrected chi connectivity index (χ3v) is 3.00. The number of nitrogens with zero attached hydrogens (tertiary/aromatic N) is 3. The Kier molecular flexibility index (Phi) is 1.31. The molecule has 0 bridgehead atoms. The fourth-order valence-corrected chi connectivity index (χ4v) is 2.33. The minimum atomic E-state index is 0.906. The van der Waals surface area contributed by atoms with Gasteiger partial charge in [-0.25, -0.2) is 0 Å². The molecule has 3 rings (SSSR count). The molecular weight excluding hydrogens is 182 g/mol. The molecule has 0 aliphatic heterocycles. The molecule has 0 spiro atoms. The van der Waals surface area contributed by atoms with Gasteiger partial charge in [-0.3, -0.25) is 4.98 Å². The van der Waals surface area contributed by atoms with Crippen molar-refractivity contribution in [3.05, 3.63) is 30.6 Å². The maximum Gasteiger partial charge on any atom is 0.130 e. The van der Waals surface area contributed by atoms with Crippen LogP contribution in [0.2, 0.25) is 0 Å². The Labute approximate surface area is 78.1 Å². The fraction of sp³-hybridized carbons (Fsp3) is 0. The minimum Gasteiger partial charge on any atom is -0.253 e. The van der Waals surface area contributed by atoms with E-state index in [1.807, 2.05) is 12.1 Å². The Bertz CT molecular complexity index is 523. The summed E-state index contributed by atoms with van der Waals surface area (Å²) in [4.78, 5) is 4.28. The van der Waals surface area contributed by atoms with Crippen molar-refractivity contribution in [2.24, 2.45) is 0 Å². The van der Waals surface area contributed by atoms with Gasteiger partial charge in [-0.15, -0.1) is 16.4 Å². The molecule has 13 heavy (non-hydrogen) atoms. The number of aromatic nitrogens is 3. The maximum atomic E-state index is 4.28. The van der Waals surface area contributed by atoms with Crippen molar-refractivity contribution in [3.8, 4) is 0 Å². The average molecular weight is 187 g/mol. The smallest absolute Gasteiger partial charge is 0.130 e. The van der Waals surface area contributed by atoms with Gasteiger partial charge in [0, 0.05) is 6.20 Å². The van der Waals surface area contributed by atoms with E-state index in [9.17, 15) is 0 Å². The zero-order valence-electron chi connectivity index (χ0n) is 6.64. The Morgan fingerprint density at radius 2 is 1.92 bits per heavy atom. The molecule has 0 atom stereocenters. The quantitative estimate of drug-likeness (QED) is 0.541. The first-order valence-corrected chi connectivity index (χ1v) is 4.72. The van der Waals surface area contributed by atoms with Crippen molar-refractivity contribution in [3.63, 3.8) is 0 Å². The van der Waals surface area contributed by atoms with Crippen LogP contribution in [-0.2, 0) is 0 Å². The summed E-state index contributed by atoms with van der Waals surface area (Å²) in [5.74, 6) is 0. The van der Waals surface area contributed by atoms with E-state index in [4.69, 9.17) is 0 Å². The molecule has 0 radical (unpaired) electrons.